The maximum absolute atomic E-state index is 11.0. The van der Waals surface area contributed by atoms with E-state index in [4.69, 9.17) is 17.3 Å². The van der Waals surface area contributed by atoms with E-state index in [0.29, 0.717) is 16.3 Å². The van der Waals surface area contributed by atoms with Gasteiger partial charge >= 0.3 is 0 Å². The smallest absolute Gasteiger partial charge is 0.161 e. The normalized spacial score (nSPS) is 9.92. The van der Waals surface area contributed by atoms with Crippen LogP contribution in [0.1, 0.15) is 22.8 Å². The number of nitrogens with two attached hydrogens (primary N) is 1. The minimum absolute atomic E-state index is 0.0598. The third-order valence-corrected chi connectivity index (χ3v) is 2.05. The molecule has 0 radical (unpaired) electrons. The van der Waals surface area contributed by atoms with Crippen LogP contribution < -0.4 is 5.73 Å². The highest BCUT2D eigenvalue weighted by Crippen LogP contribution is 2.25. The van der Waals surface area contributed by atoms with Gasteiger partial charge in [0.1, 0.15) is 0 Å². The highest BCUT2D eigenvalue weighted by molar-refractivity contribution is 6.36. The van der Waals surface area contributed by atoms with Gasteiger partial charge in [-0.05, 0) is 31.5 Å². The standard InChI is InChI=1S/C9H10ClNO/c1-5-3-7(6(2)12)9(10)8(11)4-5/h3-4H,11H2,1-2H3. The van der Waals surface area contributed by atoms with E-state index in [-0.39, 0.29) is 5.78 Å². The van der Waals surface area contributed by atoms with Gasteiger partial charge in [-0.1, -0.05) is 11.6 Å². The lowest BCUT2D eigenvalue weighted by Crippen LogP contribution is -1.98. The lowest BCUT2D eigenvalue weighted by Gasteiger charge is -2.04. The Bertz CT molecular complexity index is 334. The van der Waals surface area contributed by atoms with Crippen molar-refractivity contribution in [3.8, 4) is 0 Å². The van der Waals surface area contributed by atoms with Crippen LogP contribution in [0.15, 0.2) is 12.1 Å². The third kappa shape index (κ3) is 1.59. The number of aryl methyl sites for hydroxylation is 1. The number of carbonyl (C=O) groups excluding carboxylic acids is 1. The Morgan fingerprint density at radius 1 is 1.50 bits per heavy atom. The predicted octanol–water partition coefficient (Wildman–Crippen LogP) is 2.43. The van der Waals surface area contributed by atoms with Crippen molar-refractivity contribution >= 4 is 23.1 Å². The number of Topliss-reactive ketones (excluding diaryl/α,β-unsaturated/α-hetero) is 1. The van der Waals surface area contributed by atoms with E-state index in [2.05, 4.69) is 0 Å². The summed E-state index contributed by atoms with van der Waals surface area (Å²) >= 11 is 5.81. The number of rotatable bonds is 1. The van der Waals surface area contributed by atoms with E-state index < -0.39 is 0 Å². The fourth-order valence-corrected chi connectivity index (χ4v) is 1.30. The summed E-state index contributed by atoms with van der Waals surface area (Å²) in [5.74, 6) is -0.0598. The van der Waals surface area contributed by atoms with Crippen molar-refractivity contribution < 1.29 is 4.79 Å². The van der Waals surface area contributed by atoms with Crippen molar-refractivity contribution in [3.05, 3.63) is 28.3 Å². The van der Waals surface area contributed by atoms with Gasteiger partial charge in [0, 0.05) is 5.56 Å². The molecule has 0 aromatic heterocycles. The van der Waals surface area contributed by atoms with Gasteiger partial charge in [0.05, 0.1) is 10.7 Å². The van der Waals surface area contributed by atoms with Crippen LogP contribution in [0.3, 0.4) is 0 Å². The van der Waals surface area contributed by atoms with Gasteiger partial charge < -0.3 is 5.73 Å². The molecule has 2 nitrogen and oxygen atoms in total. The van der Waals surface area contributed by atoms with E-state index in [0.717, 1.165) is 5.56 Å². The molecule has 0 heterocycles. The Labute approximate surface area is 76.3 Å². The van der Waals surface area contributed by atoms with Crippen molar-refractivity contribution in [1.82, 2.24) is 0 Å². The molecule has 2 N–H and O–H groups in total. The SMILES string of the molecule is CC(=O)c1cc(C)cc(N)c1Cl. The van der Waals surface area contributed by atoms with Crippen molar-refractivity contribution in [2.45, 2.75) is 13.8 Å². The molecule has 1 aromatic carbocycles. The van der Waals surface area contributed by atoms with Crippen LogP contribution in [0.5, 0.6) is 0 Å². The molecule has 0 unspecified atom stereocenters. The molecule has 0 fully saturated rings. The average molecular weight is 184 g/mol. The van der Waals surface area contributed by atoms with Crippen molar-refractivity contribution in [3.63, 3.8) is 0 Å². The number of anilines is 1. The summed E-state index contributed by atoms with van der Waals surface area (Å²) < 4.78 is 0. The Morgan fingerprint density at radius 3 is 2.58 bits per heavy atom. The minimum Gasteiger partial charge on any atom is -0.397 e. The van der Waals surface area contributed by atoms with Gasteiger partial charge in [-0.25, -0.2) is 0 Å². The molecular formula is C9H10ClNO. The molecule has 12 heavy (non-hydrogen) atoms. The lowest BCUT2D eigenvalue weighted by atomic mass is 10.1. The number of ketones is 1. The molecule has 0 saturated carbocycles. The highest BCUT2D eigenvalue weighted by atomic mass is 35.5. The number of nitrogen functional groups attached to an aromatic ring is 1. The van der Waals surface area contributed by atoms with Gasteiger partial charge in [0.15, 0.2) is 5.78 Å². The van der Waals surface area contributed by atoms with Crippen LogP contribution in [0.25, 0.3) is 0 Å². The zero-order chi connectivity index (χ0) is 9.30. The summed E-state index contributed by atoms with van der Waals surface area (Å²) in [6.45, 7) is 3.35. The summed E-state index contributed by atoms with van der Waals surface area (Å²) in [4.78, 5) is 11.0. The van der Waals surface area contributed by atoms with Crippen molar-refractivity contribution in [2.24, 2.45) is 0 Å². The molecule has 0 aliphatic carbocycles. The zero-order valence-corrected chi connectivity index (χ0v) is 7.77. The Hall–Kier alpha value is -1.02. The number of hydrogen-bond donors (Lipinski definition) is 1. The average Bonchev–Trinajstić information content (AvgIpc) is 1.96. The lowest BCUT2D eigenvalue weighted by molar-refractivity contribution is 0.101. The second-order valence-corrected chi connectivity index (χ2v) is 3.15. The molecule has 0 amide bonds. The van der Waals surface area contributed by atoms with E-state index in [9.17, 15) is 4.79 Å². The maximum Gasteiger partial charge on any atom is 0.161 e. The molecule has 0 atom stereocenters. The van der Waals surface area contributed by atoms with E-state index in [1.165, 1.54) is 6.92 Å². The molecule has 0 aliphatic heterocycles. The Morgan fingerprint density at radius 2 is 2.08 bits per heavy atom. The zero-order valence-electron chi connectivity index (χ0n) is 7.02. The largest absolute Gasteiger partial charge is 0.397 e. The second kappa shape index (κ2) is 3.15. The summed E-state index contributed by atoms with van der Waals surface area (Å²) in [6, 6.07) is 3.48. The first-order valence-corrected chi connectivity index (χ1v) is 3.96. The summed E-state index contributed by atoms with van der Waals surface area (Å²) in [6.07, 6.45) is 0. The first-order valence-electron chi connectivity index (χ1n) is 3.59. The third-order valence-electron chi connectivity index (χ3n) is 1.62. The van der Waals surface area contributed by atoms with Gasteiger partial charge in [-0.2, -0.15) is 0 Å². The van der Waals surface area contributed by atoms with Crippen LogP contribution in [0.4, 0.5) is 5.69 Å². The van der Waals surface area contributed by atoms with Gasteiger partial charge in [0.2, 0.25) is 0 Å². The molecule has 3 heteroatoms. The fourth-order valence-electron chi connectivity index (χ4n) is 1.05. The van der Waals surface area contributed by atoms with Gasteiger partial charge in [-0.3, -0.25) is 4.79 Å². The van der Waals surface area contributed by atoms with Crippen LogP contribution in [-0.4, -0.2) is 5.78 Å². The summed E-state index contributed by atoms with van der Waals surface area (Å²) in [7, 11) is 0. The quantitative estimate of drug-likeness (QED) is 0.537. The summed E-state index contributed by atoms with van der Waals surface area (Å²) in [5, 5.41) is 0.355. The maximum atomic E-state index is 11.0. The highest BCUT2D eigenvalue weighted by Gasteiger charge is 2.08. The van der Waals surface area contributed by atoms with Gasteiger partial charge in [0.25, 0.3) is 0 Å². The predicted molar refractivity (Wildman–Crippen MR) is 50.6 cm³/mol. The first kappa shape index (κ1) is 9.07. The van der Waals surface area contributed by atoms with Crippen LogP contribution in [0, 0.1) is 6.92 Å². The molecule has 64 valence electrons. The molecule has 0 bridgehead atoms. The first-order chi connectivity index (χ1) is 5.52. The van der Waals surface area contributed by atoms with Crippen LogP contribution >= 0.6 is 11.6 Å². The second-order valence-electron chi connectivity index (χ2n) is 2.77. The molecule has 1 rings (SSSR count). The minimum atomic E-state index is -0.0598. The Balaban J connectivity index is 3.37. The topological polar surface area (TPSA) is 43.1 Å². The number of benzene rings is 1. The Kier molecular flexibility index (Phi) is 2.38. The number of halogens is 1. The molecule has 0 spiro atoms. The molecule has 0 aliphatic rings. The summed E-state index contributed by atoms with van der Waals surface area (Å²) in [5.41, 5.74) is 7.48. The van der Waals surface area contributed by atoms with Crippen LogP contribution in [0.2, 0.25) is 5.02 Å². The number of carbonyl (C=O) groups is 1. The molecule has 0 saturated heterocycles. The van der Waals surface area contributed by atoms with Crippen molar-refractivity contribution in [2.75, 3.05) is 5.73 Å². The van der Waals surface area contributed by atoms with E-state index >= 15 is 0 Å². The monoisotopic (exact) mass is 183 g/mol. The number of hydrogen-bond acceptors (Lipinski definition) is 2. The molecular weight excluding hydrogens is 174 g/mol. The van der Waals surface area contributed by atoms with E-state index in [1.54, 1.807) is 12.1 Å². The van der Waals surface area contributed by atoms with Gasteiger partial charge in [-0.15, -0.1) is 0 Å². The van der Waals surface area contributed by atoms with E-state index in [1.807, 2.05) is 6.92 Å². The van der Waals surface area contributed by atoms with Crippen molar-refractivity contribution in [1.29, 1.82) is 0 Å². The fraction of sp³-hybridized carbons (Fsp3) is 0.222. The molecule has 1 aromatic rings. The van der Waals surface area contributed by atoms with Crippen LogP contribution in [-0.2, 0) is 0 Å².